The van der Waals surface area contributed by atoms with Crippen LogP contribution in [0.5, 0.6) is 0 Å². The topological polar surface area (TPSA) is 21.3 Å². The summed E-state index contributed by atoms with van der Waals surface area (Å²) in [6, 6.07) is 0.625. The molecule has 1 N–H and O–H groups in total. The predicted molar refractivity (Wildman–Crippen MR) is 76.7 cm³/mol. The van der Waals surface area contributed by atoms with Gasteiger partial charge in [-0.1, -0.05) is 27.2 Å². The monoisotopic (exact) mass is 253 g/mol. The summed E-state index contributed by atoms with van der Waals surface area (Å²) in [6.45, 7) is 10.2. The first-order chi connectivity index (χ1) is 8.66. The van der Waals surface area contributed by atoms with Gasteiger partial charge in [0.1, 0.15) is 0 Å². The van der Waals surface area contributed by atoms with E-state index in [1.165, 1.54) is 38.6 Å². The Bertz CT molecular complexity index is 235. The Kier molecular flexibility index (Phi) is 5.50. The first kappa shape index (κ1) is 14.3. The quantitative estimate of drug-likeness (QED) is 0.828. The standard InChI is InChI=1S/C16H31NO/c1-12(2)17-11-15-5-4-13(3)10-16(15)14-6-8-18-9-7-14/h12-17H,4-11H2,1-3H3. The normalized spacial score (nSPS) is 35.0. The number of ether oxygens (including phenoxy) is 1. The van der Waals surface area contributed by atoms with E-state index in [-0.39, 0.29) is 0 Å². The molecule has 2 fully saturated rings. The van der Waals surface area contributed by atoms with E-state index < -0.39 is 0 Å². The smallest absolute Gasteiger partial charge is 0.0468 e. The van der Waals surface area contributed by atoms with Crippen LogP contribution in [0.1, 0.15) is 52.9 Å². The van der Waals surface area contributed by atoms with E-state index >= 15 is 0 Å². The van der Waals surface area contributed by atoms with Gasteiger partial charge in [0.15, 0.2) is 0 Å². The average Bonchev–Trinajstić information content (AvgIpc) is 2.38. The lowest BCUT2D eigenvalue weighted by atomic mass is 9.67. The van der Waals surface area contributed by atoms with Gasteiger partial charge in [-0.05, 0) is 55.9 Å². The van der Waals surface area contributed by atoms with Crippen molar-refractivity contribution < 1.29 is 4.74 Å². The third kappa shape index (κ3) is 3.96. The molecule has 0 aromatic carbocycles. The molecule has 0 amide bonds. The molecule has 1 saturated carbocycles. The summed E-state index contributed by atoms with van der Waals surface area (Å²) >= 11 is 0. The largest absolute Gasteiger partial charge is 0.381 e. The lowest BCUT2D eigenvalue weighted by Gasteiger charge is -2.41. The summed E-state index contributed by atoms with van der Waals surface area (Å²) in [6.07, 6.45) is 6.92. The Morgan fingerprint density at radius 1 is 1.11 bits per heavy atom. The highest BCUT2D eigenvalue weighted by Crippen LogP contribution is 2.41. The van der Waals surface area contributed by atoms with Crippen molar-refractivity contribution in [2.45, 2.75) is 58.9 Å². The maximum Gasteiger partial charge on any atom is 0.0468 e. The van der Waals surface area contributed by atoms with Crippen LogP contribution in [-0.4, -0.2) is 25.8 Å². The summed E-state index contributed by atoms with van der Waals surface area (Å²) in [5.74, 6) is 3.73. The Morgan fingerprint density at radius 3 is 2.50 bits per heavy atom. The molecule has 1 aliphatic heterocycles. The first-order valence-corrected chi connectivity index (χ1v) is 7.98. The van der Waals surface area contributed by atoms with Crippen molar-refractivity contribution in [3.05, 3.63) is 0 Å². The van der Waals surface area contributed by atoms with Gasteiger partial charge in [0.25, 0.3) is 0 Å². The van der Waals surface area contributed by atoms with Crippen LogP contribution < -0.4 is 5.32 Å². The maximum absolute atomic E-state index is 5.54. The maximum atomic E-state index is 5.54. The van der Waals surface area contributed by atoms with Gasteiger partial charge < -0.3 is 10.1 Å². The zero-order valence-corrected chi connectivity index (χ0v) is 12.5. The highest BCUT2D eigenvalue weighted by molar-refractivity contribution is 4.85. The molecule has 3 unspecified atom stereocenters. The number of nitrogens with one attached hydrogen (secondary N) is 1. The predicted octanol–water partition coefficient (Wildman–Crippen LogP) is 3.46. The lowest BCUT2D eigenvalue weighted by molar-refractivity contribution is 0.0156. The zero-order valence-electron chi connectivity index (χ0n) is 12.5. The average molecular weight is 253 g/mol. The second-order valence-electron chi connectivity index (χ2n) is 6.85. The van der Waals surface area contributed by atoms with Crippen LogP contribution in [0, 0.1) is 23.7 Å². The minimum absolute atomic E-state index is 0.625. The fourth-order valence-corrected chi connectivity index (χ4v) is 3.85. The Morgan fingerprint density at radius 2 is 1.83 bits per heavy atom. The number of rotatable bonds is 4. The van der Waals surface area contributed by atoms with Crippen molar-refractivity contribution >= 4 is 0 Å². The van der Waals surface area contributed by atoms with Gasteiger partial charge in [-0.2, -0.15) is 0 Å². The molecular weight excluding hydrogens is 222 g/mol. The van der Waals surface area contributed by atoms with Crippen LogP contribution in [0.15, 0.2) is 0 Å². The summed E-state index contributed by atoms with van der Waals surface area (Å²) < 4.78 is 5.54. The molecule has 2 rings (SSSR count). The zero-order chi connectivity index (χ0) is 13.0. The second kappa shape index (κ2) is 6.91. The van der Waals surface area contributed by atoms with Gasteiger partial charge in [0.2, 0.25) is 0 Å². The molecule has 106 valence electrons. The Balaban J connectivity index is 1.91. The van der Waals surface area contributed by atoms with Gasteiger partial charge >= 0.3 is 0 Å². The molecule has 2 aliphatic rings. The Labute approximate surface area is 113 Å². The summed E-state index contributed by atoms with van der Waals surface area (Å²) in [7, 11) is 0. The van der Waals surface area contributed by atoms with E-state index in [2.05, 4.69) is 26.1 Å². The fourth-order valence-electron chi connectivity index (χ4n) is 3.85. The minimum Gasteiger partial charge on any atom is -0.381 e. The van der Waals surface area contributed by atoms with Crippen molar-refractivity contribution in [2.75, 3.05) is 19.8 Å². The van der Waals surface area contributed by atoms with Gasteiger partial charge in [-0.15, -0.1) is 0 Å². The van der Waals surface area contributed by atoms with E-state index in [4.69, 9.17) is 4.74 Å². The van der Waals surface area contributed by atoms with Crippen LogP contribution in [0.4, 0.5) is 0 Å². The summed E-state index contributed by atoms with van der Waals surface area (Å²) in [4.78, 5) is 0. The van der Waals surface area contributed by atoms with Crippen molar-refractivity contribution in [2.24, 2.45) is 23.7 Å². The van der Waals surface area contributed by atoms with Crippen LogP contribution >= 0.6 is 0 Å². The van der Waals surface area contributed by atoms with Crippen LogP contribution in [-0.2, 0) is 4.74 Å². The SMILES string of the molecule is CC1CCC(CNC(C)C)C(C2CCOCC2)C1. The molecule has 1 saturated heterocycles. The number of hydrogen-bond acceptors (Lipinski definition) is 2. The van der Waals surface area contributed by atoms with Gasteiger partial charge in [-0.25, -0.2) is 0 Å². The molecule has 0 bridgehead atoms. The summed E-state index contributed by atoms with van der Waals surface area (Å²) in [5.41, 5.74) is 0. The summed E-state index contributed by atoms with van der Waals surface area (Å²) in [5, 5.41) is 3.67. The van der Waals surface area contributed by atoms with E-state index in [1.54, 1.807) is 0 Å². The Hall–Kier alpha value is -0.0800. The molecule has 2 heteroatoms. The van der Waals surface area contributed by atoms with Crippen LogP contribution in [0.3, 0.4) is 0 Å². The van der Waals surface area contributed by atoms with E-state index in [0.717, 1.165) is 36.9 Å². The third-order valence-electron chi connectivity index (χ3n) is 4.97. The highest BCUT2D eigenvalue weighted by atomic mass is 16.5. The molecule has 1 heterocycles. The van der Waals surface area contributed by atoms with Crippen LogP contribution in [0.25, 0.3) is 0 Å². The van der Waals surface area contributed by atoms with E-state index in [0.29, 0.717) is 6.04 Å². The van der Waals surface area contributed by atoms with Crippen LogP contribution in [0.2, 0.25) is 0 Å². The molecule has 0 aromatic heterocycles. The van der Waals surface area contributed by atoms with Crippen molar-refractivity contribution in [1.82, 2.24) is 5.32 Å². The van der Waals surface area contributed by atoms with Gasteiger partial charge in [-0.3, -0.25) is 0 Å². The fraction of sp³-hybridized carbons (Fsp3) is 1.00. The molecule has 18 heavy (non-hydrogen) atoms. The molecular formula is C16H31NO. The molecule has 0 radical (unpaired) electrons. The van der Waals surface area contributed by atoms with Gasteiger partial charge in [0, 0.05) is 19.3 Å². The minimum atomic E-state index is 0.625. The van der Waals surface area contributed by atoms with E-state index in [1.807, 2.05) is 0 Å². The molecule has 2 nitrogen and oxygen atoms in total. The molecule has 0 spiro atoms. The van der Waals surface area contributed by atoms with Crippen molar-refractivity contribution in [3.63, 3.8) is 0 Å². The molecule has 3 atom stereocenters. The second-order valence-corrected chi connectivity index (χ2v) is 6.85. The lowest BCUT2D eigenvalue weighted by Crippen LogP contribution is -2.39. The number of hydrogen-bond donors (Lipinski definition) is 1. The third-order valence-corrected chi connectivity index (χ3v) is 4.97. The first-order valence-electron chi connectivity index (χ1n) is 7.98. The highest BCUT2D eigenvalue weighted by Gasteiger charge is 2.34. The van der Waals surface area contributed by atoms with Gasteiger partial charge in [0.05, 0.1) is 0 Å². The van der Waals surface area contributed by atoms with E-state index in [9.17, 15) is 0 Å². The van der Waals surface area contributed by atoms with Crippen molar-refractivity contribution in [1.29, 1.82) is 0 Å². The molecule has 0 aromatic rings. The van der Waals surface area contributed by atoms with Crippen molar-refractivity contribution in [3.8, 4) is 0 Å². The molecule has 1 aliphatic carbocycles.